The summed E-state index contributed by atoms with van der Waals surface area (Å²) in [6, 6.07) is 3.31. The monoisotopic (exact) mass is 342 g/mol. The van der Waals surface area contributed by atoms with E-state index in [4.69, 9.17) is 10.5 Å². The van der Waals surface area contributed by atoms with Gasteiger partial charge in [-0.05, 0) is 28.1 Å². The Balaban J connectivity index is 2.05. The van der Waals surface area contributed by atoms with Crippen LogP contribution >= 0.6 is 27.3 Å². The minimum absolute atomic E-state index is 0.201. The molecule has 0 saturated heterocycles. The number of carbonyl (C=O) groups is 2. The fourth-order valence-electron chi connectivity index (χ4n) is 1.54. The molecule has 0 aliphatic rings. The van der Waals surface area contributed by atoms with Gasteiger partial charge in [0.1, 0.15) is 12.3 Å². The standard InChI is InChI=1S/C12H11BrN2O3S/c1-15-4-7(11(14)16)2-10(15)12(17)18-5-9-3-8(13)6-19-9/h2-4,6H,5H2,1H3,(H2,14,16). The summed E-state index contributed by atoms with van der Waals surface area (Å²) in [4.78, 5) is 23.8. The molecule has 2 aromatic heterocycles. The predicted octanol–water partition coefficient (Wildman–Crippen LogP) is 2.31. The average Bonchev–Trinajstić information content (AvgIpc) is 2.92. The Kier molecular flexibility index (Phi) is 4.06. The summed E-state index contributed by atoms with van der Waals surface area (Å²) >= 11 is 4.83. The zero-order chi connectivity index (χ0) is 14.0. The molecule has 0 atom stereocenters. The third-order valence-corrected chi connectivity index (χ3v) is 4.14. The van der Waals surface area contributed by atoms with Crippen LogP contribution in [0, 0.1) is 0 Å². The number of aryl methyl sites for hydroxylation is 1. The molecule has 5 nitrogen and oxygen atoms in total. The highest BCUT2D eigenvalue weighted by molar-refractivity contribution is 9.10. The van der Waals surface area contributed by atoms with Gasteiger partial charge in [0.2, 0.25) is 5.91 Å². The molecule has 0 saturated carbocycles. The van der Waals surface area contributed by atoms with Gasteiger partial charge >= 0.3 is 5.97 Å². The second-order valence-electron chi connectivity index (χ2n) is 3.90. The highest BCUT2D eigenvalue weighted by Gasteiger charge is 2.15. The first-order valence-corrected chi connectivity index (χ1v) is 7.01. The van der Waals surface area contributed by atoms with Gasteiger partial charge in [-0.2, -0.15) is 0 Å². The lowest BCUT2D eigenvalue weighted by atomic mass is 10.3. The first kappa shape index (κ1) is 13.8. The van der Waals surface area contributed by atoms with Crippen molar-refractivity contribution in [1.82, 2.24) is 4.57 Å². The number of amides is 1. The van der Waals surface area contributed by atoms with Crippen LogP contribution in [0.4, 0.5) is 0 Å². The normalized spacial score (nSPS) is 10.4. The fourth-order valence-corrected chi connectivity index (χ4v) is 2.90. The number of hydrogen-bond donors (Lipinski definition) is 1. The molecule has 0 spiro atoms. The number of thiophene rings is 1. The van der Waals surface area contributed by atoms with Crippen LogP contribution in [-0.2, 0) is 18.4 Å². The molecule has 7 heteroatoms. The Labute approximate surface area is 122 Å². The molecule has 0 fully saturated rings. The number of hydrogen-bond acceptors (Lipinski definition) is 4. The fraction of sp³-hybridized carbons (Fsp3) is 0.167. The van der Waals surface area contributed by atoms with Crippen LogP contribution < -0.4 is 5.73 Å². The van der Waals surface area contributed by atoms with E-state index in [0.29, 0.717) is 5.69 Å². The van der Waals surface area contributed by atoms with Gasteiger partial charge in [0, 0.05) is 28.0 Å². The summed E-state index contributed by atoms with van der Waals surface area (Å²) in [5, 5.41) is 1.91. The number of esters is 1. The van der Waals surface area contributed by atoms with Gasteiger partial charge in [-0.15, -0.1) is 11.3 Å². The molecule has 2 heterocycles. The highest BCUT2D eigenvalue weighted by Crippen LogP contribution is 2.20. The molecule has 0 aromatic carbocycles. The first-order valence-electron chi connectivity index (χ1n) is 5.33. The Bertz CT molecular complexity index is 633. The average molecular weight is 343 g/mol. The van der Waals surface area contributed by atoms with Crippen LogP contribution in [0.3, 0.4) is 0 Å². The quantitative estimate of drug-likeness (QED) is 0.866. The summed E-state index contributed by atoms with van der Waals surface area (Å²) in [7, 11) is 1.66. The Hall–Kier alpha value is -1.60. The number of primary amides is 1. The SMILES string of the molecule is Cn1cc(C(N)=O)cc1C(=O)OCc1cc(Br)cs1. The Morgan fingerprint density at radius 3 is 2.74 bits per heavy atom. The first-order chi connectivity index (χ1) is 8.97. The van der Waals surface area contributed by atoms with E-state index in [9.17, 15) is 9.59 Å². The molecule has 0 bridgehead atoms. The summed E-state index contributed by atoms with van der Waals surface area (Å²) in [6.07, 6.45) is 1.50. The Morgan fingerprint density at radius 1 is 1.47 bits per heavy atom. The van der Waals surface area contributed by atoms with Crippen LogP contribution in [0.15, 0.2) is 28.2 Å². The van der Waals surface area contributed by atoms with Crippen LogP contribution in [0.1, 0.15) is 25.7 Å². The number of nitrogens with zero attached hydrogens (tertiary/aromatic N) is 1. The highest BCUT2D eigenvalue weighted by atomic mass is 79.9. The van der Waals surface area contributed by atoms with Crippen molar-refractivity contribution in [2.75, 3.05) is 0 Å². The lowest BCUT2D eigenvalue weighted by molar-refractivity contribution is 0.0465. The van der Waals surface area contributed by atoms with Gasteiger partial charge in [0.25, 0.3) is 0 Å². The number of halogens is 1. The molecule has 100 valence electrons. The van der Waals surface area contributed by atoms with Gasteiger partial charge in [0.15, 0.2) is 0 Å². The molecule has 0 aliphatic heterocycles. The van der Waals surface area contributed by atoms with Crippen molar-refractivity contribution >= 4 is 39.1 Å². The van der Waals surface area contributed by atoms with Crippen molar-refractivity contribution in [3.05, 3.63) is 44.3 Å². The van der Waals surface area contributed by atoms with Crippen LogP contribution in [0.25, 0.3) is 0 Å². The van der Waals surface area contributed by atoms with Crippen molar-refractivity contribution < 1.29 is 14.3 Å². The van der Waals surface area contributed by atoms with E-state index in [0.717, 1.165) is 9.35 Å². The van der Waals surface area contributed by atoms with Crippen molar-refractivity contribution in [2.45, 2.75) is 6.61 Å². The zero-order valence-corrected chi connectivity index (χ0v) is 12.5. The van der Waals surface area contributed by atoms with Gasteiger partial charge in [0.05, 0.1) is 5.56 Å². The molecular formula is C12H11BrN2O3S. The molecule has 0 aliphatic carbocycles. The van der Waals surface area contributed by atoms with Gasteiger partial charge in [-0.1, -0.05) is 0 Å². The number of nitrogens with two attached hydrogens (primary N) is 1. The van der Waals surface area contributed by atoms with E-state index < -0.39 is 11.9 Å². The van der Waals surface area contributed by atoms with Crippen molar-refractivity contribution in [1.29, 1.82) is 0 Å². The van der Waals surface area contributed by atoms with E-state index in [1.165, 1.54) is 28.2 Å². The lowest BCUT2D eigenvalue weighted by Crippen LogP contribution is -2.09. The number of ether oxygens (including phenoxy) is 1. The summed E-state index contributed by atoms with van der Waals surface area (Å²) in [6.45, 7) is 0.201. The summed E-state index contributed by atoms with van der Waals surface area (Å²) in [5.74, 6) is -1.06. The van der Waals surface area contributed by atoms with Crippen LogP contribution in [0.2, 0.25) is 0 Å². The van der Waals surface area contributed by atoms with E-state index in [1.54, 1.807) is 7.05 Å². The second kappa shape index (κ2) is 5.58. The van der Waals surface area contributed by atoms with E-state index >= 15 is 0 Å². The third-order valence-electron chi connectivity index (χ3n) is 2.47. The molecule has 2 aromatic rings. The maximum Gasteiger partial charge on any atom is 0.355 e. The van der Waals surface area contributed by atoms with Crippen LogP contribution in [-0.4, -0.2) is 16.4 Å². The maximum atomic E-state index is 11.9. The molecular weight excluding hydrogens is 332 g/mol. The van der Waals surface area contributed by atoms with Crippen molar-refractivity contribution in [3.63, 3.8) is 0 Å². The van der Waals surface area contributed by atoms with Gasteiger partial charge in [-0.25, -0.2) is 4.79 Å². The largest absolute Gasteiger partial charge is 0.455 e. The Morgan fingerprint density at radius 2 is 2.21 bits per heavy atom. The summed E-state index contributed by atoms with van der Waals surface area (Å²) in [5.41, 5.74) is 5.74. The maximum absolute atomic E-state index is 11.9. The van der Waals surface area contributed by atoms with E-state index in [1.807, 2.05) is 11.4 Å². The molecule has 0 unspecified atom stereocenters. The number of aromatic nitrogens is 1. The minimum atomic E-state index is -0.572. The molecule has 2 rings (SSSR count). The smallest absolute Gasteiger partial charge is 0.355 e. The van der Waals surface area contributed by atoms with Crippen molar-refractivity contribution in [2.24, 2.45) is 12.8 Å². The molecule has 19 heavy (non-hydrogen) atoms. The number of carbonyl (C=O) groups excluding carboxylic acids is 2. The topological polar surface area (TPSA) is 74.3 Å². The third kappa shape index (κ3) is 3.24. The zero-order valence-electron chi connectivity index (χ0n) is 10.1. The second-order valence-corrected chi connectivity index (χ2v) is 5.81. The van der Waals surface area contributed by atoms with Crippen molar-refractivity contribution in [3.8, 4) is 0 Å². The van der Waals surface area contributed by atoms with Crippen LogP contribution in [0.5, 0.6) is 0 Å². The minimum Gasteiger partial charge on any atom is -0.455 e. The summed E-state index contributed by atoms with van der Waals surface area (Å²) < 4.78 is 7.66. The molecule has 2 N–H and O–H groups in total. The predicted molar refractivity (Wildman–Crippen MR) is 75.1 cm³/mol. The lowest BCUT2D eigenvalue weighted by Gasteiger charge is -2.03. The van der Waals surface area contributed by atoms with E-state index in [-0.39, 0.29) is 12.2 Å². The van der Waals surface area contributed by atoms with Gasteiger partial charge in [-0.3, -0.25) is 4.79 Å². The number of rotatable bonds is 4. The molecule has 1 amide bonds. The van der Waals surface area contributed by atoms with Gasteiger partial charge < -0.3 is 15.0 Å². The molecule has 0 radical (unpaired) electrons. The van der Waals surface area contributed by atoms with E-state index in [2.05, 4.69) is 15.9 Å².